The van der Waals surface area contributed by atoms with Gasteiger partial charge in [0.1, 0.15) is 6.10 Å². The average molecular weight is 455 g/mol. The topological polar surface area (TPSA) is 75.6 Å². The van der Waals surface area contributed by atoms with Gasteiger partial charge in [-0.1, -0.05) is 6.07 Å². The molecule has 0 spiro atoms. The standard InChI is InChI=1S/C24H30N4O3S/c29-32(30,22-8-7-17-3-1-2-4-19(17)11-22)28-10-9-27-16-21(12-20(27)15-28)31-24-14-25-23(13-26-24)18-5-6-18/h7-8,11,13-14,18,20-21H,1-6,9-10,12,15-16H2/t20-,21-/m0/s1. The first-order valence-corrected chi connectivity index (χ1v) is 13.3. The van der Waals surface area contributed by atoms with E-state index >= 15 is 0 Å². The molecule has 170 valence electrons. The molecule has 1 aromatic heterocycles. The molecule has 8 heteroatoms. The number of piperazine rings is 1. The van der Waals surface area contributed by atoms with Gasteiger partial charge >= 0.3 is 0 Å². The van der Waals surface area contributed by atoms with Crippen LogP contribution < -0.4 is 4.74 Å². The maximum absolute atomic E-state index is 13.4. The van der Waals surface area contributed by atoms with E-state index in [2.05, 4.69) is 14.9 Å². The summed E-state index contributed by atoms with van der Waals surface area (Å²) in [4.78, 5) is 11.7. The third kappa shape index (κ3) is 3.93. The number of hydrogen-bond donors (Lipinski definition) is 0. The Hall–Kier alpha value is -2.03. The van der Waals surface area contributed by atoms with E-state index in [0.717, 1.165) is 44.5 Å². The minimum atomic E-state index is -3.47. The normalized spacial score (nSPS) is 26.5. The second-order valence-electron chi connectivity index (χ2n) is 9.68. The van der Waals surface area contributed by atoms with Crippen molar-refractivity contribution in [2.45, 2.75) is 67.9 Å². The fourth-order valence-electron chi connectivity index (χ4n) is 5.44. The van der Waals surface area contributed by atoms with E-state index in [1.165, 1.54) is 30.4 Å². The van der Waals surface area contributed by atoms with Crippen LogP contribution in [0.4, 0.5) is 0 Å². The number of rotatable bonds is 5. The highest BCUT2D eigenvalue weighted by Gasteiger charge is 2.41. The van der Waals surface area contributed by atoms with Crippen molar-refractivity contribution in [3.8, 4) is 5.88 Å². The van der Waals surface area contributed by atoms with Crippen molar-refractivity contribution >= 4 is 10.0 Å². The molecule has 2 atom stereocenters. The fraction of sp³-hybridized carbons (Fsp3) is 0.583. The molecule has 0 bridgehead atoms. The monoisotopic (exact) mass is 454 g/mol. The van der Waals surface area contributed by atoms with Crippen LogP contribution in [0.3, 0.4) is 0 Å². The molecule has 3 heterocycles. The van der Waals surface area contributed by atoms with E-state index in [0.29, 0.717) is 29.8 Å². The lowest BCUT2D eigenvalue weighted by atomic mass is 9.92. The zero-order valence-electron chi connectivity index (χ0n) is 18.3. The highest BCUT2D eigenvalue weighted by atomic mass is 32.2. The van der Waals surface area contributed by atoms with Crippen molar-refractivity contribution in [1.29, 1.82) is 0 Å². The summed E-state index contributed by atoms with van der Waals surface area (Å²) in [6, 6.07) is 5.92. The predicted molar refractivity (Wildman–Crippen MR) is 120 cm³/mol. The first-order chi connectivity index (χ1) is 15.6. The number of sulfonamides is 1. The molecule has 2 saturated heterocycles. The number of ether oxygens (including phenoxy) is 1. The van der Waals surface area contributed by atoms with Gasteiger partial charge < -0.3 is 4.74 Å². The number of hydrogen-bond acceptors (Lipinski definition) is 6. The predicted octanol–water partition coefficient (Wildman–Crippen LogP) is 2.76. The molecular formula is C24H30N4O3S. The molecule has 1 saturated carbocycles. The van der Waals surface area contributed by atoms with Crippen LogP contribution >= 0.6 is 0 Å². The van der Waals surface area contributed by atoms with Crippen LogP contribution in [0.1, 0.15) is 54.8 Å². The molecule has 0 amide bonds. The van der Waals surface area contributed by atoms with E-state index in [9.17, 15) is 8.42 Å². The fourth-order valence-corrected chi connectivity index (χ4v) is 6.96. The Morgan fingerprint density at radius 2 is 1.81 bits per heavy atom. The van der Waals surface area contributed by atoms with Crippen molar-refractivity contribution in [1.82, 2.24) is 19.2 Å². The quantitative estimate of drug-likeness (QED) is 0.692. The SMILES string of the molecule is O=S(=O)(c1ccc2c(c1)CCCC2)N1CCN2C[C@@H](Oc3cnc(C4CC4)cn3)C[C@H]2C1. The molecule has 2 aliphatic carbocycles. The number of aryl methyl sites for hydroxylation is 2. The molecule has 0 N–H and O–H groups in total. The minimum absolute atomic E-state index is 0.0208. The van der Waals surface area contributed by atoms with Gasteiger partial charge in [-0.25, -0.2) is 13.4 Å². The lowest BCUT2D eigenvalue weighted by Gasteiger charge is -2.36. The highest BCUT2D eigenvalue weighted by Crippen LogP contribution is 2.38. The second-order valence-corrected chi connectivity index (χ2v) is 11.6. The minimum Gasteiger partial charge on any atom is -0.472 e. The molecule has 4 aliphatic rings. The van der Waals surface area contributed by atoms with E-state index in [4.69, 9.17) is 4.74 Å². The Morgan fingerprint density at radius 1 is 0.969 bits per heavy atom. The van der Waals surface area contributed by atoms with E-state index in [1.807, 2.05) is 18.3 Å². The Labute approximate surface area is 189 Å². The molecule has 2 aromatic rings. The van der Waals surface area contributed by atoms with Gasteiger partial charge in [-0.15, -0.1) is 0 Å². The Bertz CT molecular complexity index is 1100. The average Bonchev–Trinajstić information content (AvgIpc) is 3.58. The summed E-state index contributed by atoms with van der Waals surface area (Å²) in [5, 5.41) is 0. The molecule has 1 aromatic carbocycles. The van der Waals surface area contributed by atoms with E-state index in [-0.39, 0.29) is 12.1 Å². The zero-order valence-corrected chi connectivity index (χ0v) is 19.1. The molecule has 7 nitrogen and oxygen atoms in total. The zero-order chi connectivity index (χ0) is 21.7. The van der Waals surface area contributed by atoms with Gasteiger partial charge in [-0.05, 0) is 61.8 Å². The number of aromatic nitrogens is 2. The molecule has 3 fully saturated rings. The Balaban J connectivity index is 1.11. The molecular weight excluding hydrogens is 424 g/mol. The molecule has 2 aliphatic heterocycles. The van der Waals surface area contributed by atoms with Crippen LogP contribution in [0.25, 0.3) is 0 Å². The summed E-state index contributed by atoms with van der Waals surface area (Å²) < 4.78 is 34.5. The van der Waals surface area contributed by atoms with Gasteiger partial charge in [0.25, 0.3) is 0 Å². The third-order valence-corrected chi connectivity index (χ3v) is 9.29. The Kier molecular flexibility index (Phi) is 5.19. The number of benzene rings is 1. The van der Waals surface area contributed by atoms with Crippen molar-refractivity contribution < 1.29 is 13.2 Å². The van der Waals surface area contributed by atoms with Gasteiger partial charge in [-0.3, -0.25) is 9.88 Å². The lowest BCUT2D eigenvalue weighted by molar-refractivity contribution is 0.151. The smallest absolute Gasteiger partial charge is 0.243 e. The van der Waals surface area contributed by atoms with Gasteiger partial charge in [-0.2, -0.15) is 4.31 Å². The molecule has 32 heavy (non-hydrogen) atoms. The summed E-state index contributed by atoms with van der Waals surface area (Å²) in [6.45, 7) is 2.59. The molecule has 6 rings (SSSR count). The largest absolute Gasteiger partial charge is 0.472 e. The maximum atomic E-state index is 13.4. The summed E-state index contributed by atoms with van der Waals surface area (Å²) in [5.74, 6) is 1.15. The van der Waals surface area contributed by atoms with Crippen LogP contribution in [0.5, 0.6) is 5.88 Å². The number of nitrogens with zero attached hydrogens (tertiary/aromatic N) is 4. The lowest BCUT2D eigenvalue weighted by Crippen LogP contribution is -2.51. The van der Waals surface area contributed by atoms with Crippen LogP contribution in [0.2, 0.25) is 0 Å². The number of fused-ring (bicyclic) bond motifs is 2. The molecule has 0 unspecified atom stereocenters. The van der Waals surface area contributed by atoms with Crippen molar-refractivity contribution in [2.75, 3.05) is 26.2 Å². The van der Waals surface area contributed by atoms with Crippen molar-refractivity contribution in [3.05, 3.63) is 47.4 Å². The summed E-state index contributed by atoms with van der Waals surface area (Å²) in [5.41, 5.74) is 3.58. The van der Waals surface area contributed by atoms with Crippen molar-refractivity contribution in [2.24, 2.45) is 0 Å². The first-order valence-electron chi connectivity index (χ1n) is 11.9. The summed E-state index contributed by atoms with van der Waals surface area (Å²) in [6.07, 6.45) is 11.2. The summed E-state index contributed by atoms with van der Waals surface area (Å²) in [7, 11) is -3.47. The van der Waals surface area contributed by atoms with E-state index < -0.39 is 10.0 Å². The highest BCUT2D eigenvalue weighted by molar-refractivity contribution is 7.89. The summed E-state index contributed by atoms with van der Waals surface area (Å²) >= 11 is 0. The van der Waals surface area contributed by atoms with Crippen LogP contribution in [-0.4, -0.2) is 65.9 Å². The first kappa shape index (κ1) is 20.6. The van der Waals surface area contributed by atoms with Gasteiger partial charge in [0, 0.05) is 44.6 Å². The molecule has 0 radical (unpaired) electrons. The van der Waals surface area contributed by atoms with Crippen molar-refractivity contribution in [3.63, 3.8) is 0 Å². The van der Waals surface area contributed by atoms with Crippen LogP contribution in [-0.2, 0) is 22.9 Å². The van der Waals surface area contributed by atoms with Gasteiger partial charge in [0.15, 0.2) is 0 Å². The second kappa shape index (κ2) is 8.08. The maximum Gasteiger partial charge on any atom is 0.243 e. The van der Waals surface area contributed by atoms with Gasteiger partial charge in [0.05, 0.1) is 23.0 Å². The van der Waals surface area contributed by atoms with Crippen LogP contribution in [0.15, 0.2) is 35.5 Å². The third-order valence-electron chi connectivity index (χ3n) is 7.43. The van der Waals surface area contributed by atoms with E-state index in [1.54, 1.807) is 16.6 Å². The van der Waals surface area contributed by atoms with Crippen LogP contribution in [0, 0.1) is 0 Å². The van der Waals surface area contributed by atoms with Gasteiger partial charge in [0.2, 0.25) is 15.9 Å². The Morgan fingerprint density at radius 3 is 2.59 bits per heavy atom.